The summed E-state index contributed by atoms with van der Waals surface area (Å²) in [5.74, 6) is -0.212. The number of amides is 1. The van der Waals surface area contributed by atoms with Gasteiger partial charge in [-0.05, 0) is 41.5 Å². The van der Waals surface area contributed by atoms with E-state index in [0.29, 0.717) is 14.9 Å². The Morgan fingerprint density at radius 2 is 1.79 bits per heavy atom. The maximum Gasteiger partial charge on any atom is 0.250 e. The second kappa shape index (κ2) is 4.92. The first-order chi connectivity index (χ1) is 9.11. The standard InChI is InChI=1S/C14H16FIN2O/c15-9-7-12-11(8-10(9)16)17-13(19)14(18-12)5-3-1-2-4-6-14/h7-8,18H,1-6H2,(H,17,19). The number of anilines is 2. The smallest absolute Gasteiger partial charge is 0.250 e. The molecule has 102 valence electrons. The van der Waals surface area contributed by atoms with Crippen molar-refractivity contribution < 1.29 is 9.18 Å². The van der Waals surface area contributed by atoms with Gasteiger partial charge >= 0.3 is 0 Å². The summed E-state index contributed by atoms with van der Waals surface area (Å²) in [5.41, 5.74) is 0.855. The zero-order valence-corrected chi connectivity index (χ0v) is 12.7. The molecule has 1 fully saturated rings. The summed E-state index contributed by atoms with van der Waals surface area (Å²) in [5, 5.41) is 6.26. The van der Waals surface area contributed by atoms with E-state index in [9.17, 15) is 9.18 Å². The van der Waals surface area contributed by atoms with Crippen molar-refractivity contribution in [2.45, 2.75) is 44.1 Å². The predicted octanol–water partition coefficient (Wildman–Crippen LogP) is 3.89. The molecule has 5 heteroatoms. The van der Waals surface area contributed by atoms with Gasteiger partial charge in [-0.15, -0.1) is 0 Å². The summed E-state index contributed by atoms with van der Waals surface area (Å²) in [6, 6.07) is 3.17. The molecule has 2 aliphatic rings. The molecule has 0 radical (unpaired) electrons. The Balaban J connectivity index is 1.98. The van der Waals surface area contributed by atoms with Crippen molar-refractivity contribution in [2.75, 3.05) is 10.6 Å². The van der Waals surface area contributed by atoms with Gasteiger partial charge in [0.25, 0.3) is 0 Å². The molecular formula is C14H16FIN2O. The highest BCUT2D eigenvalue weighted by Gasteiger charge is 2.42. The highest BCUT2D eigenvalue weighted by molar-refractivity contribution is 14.1. The van der Waals surface area contributed by atoms with Crippen molar-refractivity contribution in [3.05, 3.63) is 21.5 Å². The molecule has 1 heterocycles. The minimum Gasteiger partial charge on any atom is -0.369 e. The number of rotatable bonds is 0. The van der Waals surface area contributed by atoms with Crippen molar-refractivity contribution in [3.8, 4) is 0 Å². The summed E-state index contributed by atoms with van der Waals surface area (Å²) < 4.78 is 14.2. The number of hydrogen-bond acceptors (Lipinski definition) is 2. The van der Waals surface area contributed by atoms with E-state index in [0.717, 1.165) is 25.7 Å². The summed E-state index contributed by atoms with van der Waals surface area (Å²) in [6.45, 7) is 0. The van der Waals surface area contributed by atoms with Gasteiger partial charge in [0.1, 0.15) is 11.4 Å². The largest absolute Gasteiger partial charge is 0.369 e. The number of fused-ring (bicyclic) bond motifs is 1. The summed E-state index contributed by atoms with van der Waals surface area (Å²) in [7, 11) is 0. The van der Waals surface area contributed by atoms with Crippen LogP contribution in [0, 0.1) is 9.39 Å². The first kappa shape index (κ1) is 13.1. The first-order valence-corrected chi connectivity index (χ1v) is 7.77. The van der Waals surface area contributed by atoms with E-state index in [1.807, 2.05) is 22.6 Å². The quantitative estimate of drug-likeness (QED) is 0.677. The highest BCUT2D eigenvalue weighted by atomic mass is 127. The first-order valence-electron chi connectivity index (χ1n) is 6.69. The van der Waals surface area contributed by atoms with E-state index in [1.54, 1.807) is 6.07 Å². The number of benzene rings is 1. The predicted molar refractivity (Wildman–Crippen MR) is 81.8 cm³/mol. The molecule has 3 rings (SSSR count). The van der Waals surface area contributed by atoms with Crippen molar-refractivity contribution in [1.29, 1.82) is 0 Å². The van der Waals surface area contributed by atoms with Gasteiger partial charge in [0.15, 0.2) is 0 Å². The van der Waals surface area contributed by atoms with Crippen LogP contribution in [0.2, 0.25) is 0 Å². The molecule has 0 aromatic heterocycles. The number of halogens is 2. The molecule has 1 amide bonds. The fourth-order valence-electron chi connectivity index (χ4n) is 2.99. The Morgan fingerprint density at radius 1 is 1.11 bits per heavy atom. The summed E-state index contributed by atoms with van der Waals surface area (Å²) in [4.78, 5) is 12.4. The van der Waals surface area contributed by atoms with E-state index < -0.39 is 5.54 Å². The zero-order chi connectivity index (χ0) is 13.5. The third kappa shape index (κ3) is 2.32. The van der Waals surface area contributed by atoms with Gasteiger partial charge in [-0.25, -0.2) is 4.39 Å². The topological polar surface area (TPSA) is 41.1 Å². The molecule has 1 aliphatic heterocycles. The average Bonchev–Trinajstić information content (AvgIpc) is 2.60. The van der Waals surface area contributed by atoms with Crippen molar-refractivity contribution >= 4 is 39.9 Å². The Bertz CT molecular complexity index is 524. The van der Waals surface area contributed by atoms with Gasteiger partial charge in [-0.2, -0.15) is 0 Å². The zero-order valence-electron chi connectivity index (χ0n) is 10.6. The summed E-state index contributed by atoms with van der Waals surface area (Å²) >= 11 is 1.94. The molecule has 1 aliphatic carbocycles. The molecule has 0 atom stereocenters. The Kier molecular flexibility index (Phi) is 3.41. The molecule has 1 aromatic rings. The number of carbonyl (C=O) groups is 1. The molecular weight excluding hydrogens is 358 g/mol. The van der Waals surface area contributed by atoms with Crippen molar-refractivity contribution in [1.82, 2.24) is 0 Å². The minimum atomic E-state index is -0.539. The SMILES string of the molecule is O=C1Nc2cc(I)c(F)cc2NC12CCCCCC2. The molecule has 1 spiro atoms. The third-order valence-electron chi connectivity index (χ3n) is 4.07. The van der Waals surface area contributed by atoms with E-state index in [-0.39, 0.29) is 11.7 Å². The number of nitrogens with one attached hydrogen (secondary N) is 2. The van der Waals surface area contributed by atoms with Crippen molar-refractivity contribution in [3.63, 3.8) is 0 Å². The normalized spacial score (nSPS) is 21.3. The Morgan fingerprint density at radius 3 is 2.47 bits per heavy atom. The maximum absolute atomic E-state index is 13.7. The van der Waals surface area contributed by atoms with Crippen LogP contribution in [0.5, 0.6) is 0 Å². The molecule has 3 nitrogen and oxygen atoms in total. The molecule has 0 unspecified atom stereocenters. The minimum absolute atomic E-state index is 0.0318. The highest BCUT2D eigenvalue weighted by Crippen LogP contribution is 2.39. The molecule has 1 aromatic carbocycles. The maximum atomic E-state index is 13.7. The lowest BCUT2D eigenvalue weighted by Gasteiger charge is -2.38. The molecule has 0 saturated heterocycles. The van der Waals surface area contributed by atoms with Crippen LogP contribution in [0.4, 0.5) is 15.8 Å². The van der Waals surface area contributed by atoms with E-state index in [1.165, 1.54) is 18.9 Å². The monoisotopic (exact) mass is 374 g/mol. The Labute approximate surface area is 125 Å². The van der Waals surface area contributed by atoms with Gasteiger partial charge in [0, 0.05) is 6.07 Å². The fourth-order valence-corrected chi connectivity index (χ4v) is 3.46. The van der Waals surface area contributed by atoms with Crippen molar-refractivity contribution in [2.24, 2.45) is 0 Å². The van der Waals surface area contributed by atoms with Gasteiger partial charge in [0.05, 0.1) is 14.9 Å². The molecule has 1 saturated carbocycles. The lowest BCUT2D eigenvalue weighted by atomic mass is 9.87. The summed E-state index contributed by atoms with van der Waals surface area (Å²) in [6.07, 6.45) is 6.08. The number of carbonyl (C=O) groups excluding carboxylic acids is 1. The van der Waals surface area contributed by atoms with Gasteiger partial charge < -0.3 is 10.6 Å². The van der Waals surface area contributed by atoms with E-state index in [2.05, 4.69) is 10.6 Å². The molecule has 19 heavy (non-hydrogen) atoms. The second-order valence-corrected chi connectivity index (χ2v) is 6.55. The Hall–Kier alpha value is -0.850. The van der Waals surface area contributed by atoms with Gasteiger partial charge in [-0.1, -0.05) is 25.7 Å². The van der Waals surface area contributed by atoms with E-state index >= 15 is 0 Å². The molecule has 2 N–H and O–H groups in total. The van der Waals surface area contributed by atoms with Crippen LogP contribution in [-0.4, -0.2) is 11.4 Å². The molecule has 0 bridgehead atoms. The van der Waals surface area contributed by atoms with E-state index in [4.69, 9.17) is 0 Å². The third-order valence-corrected chi connectivity index (χ3v) is 4.90. The van der Waals surface area contributed by atoms with Gasteiger partial charge in [-0.3, -0.25) is 4.79 Å². The van der Waals surface area contributed by atoms with Crippen LogP contribution in [0.1, 0.15) is 38.5 Å². The van der Waals surface area contributed by atoms with Crippen LogP contribution in [-0.2, 0) is 4.79 Å². The lowest BCUT2D eigenvalue weighted by molar-refractivity contribution is -0.121. The van der Waals surface area contributed by atoms with Crippen LogP contribution in [0.15, 0.2) is 12.1 Å². The number of hydrogen-bond donors (Lipinski definition) is 2. The lowest BCUT2D eigenvalue weighted by Crippen LogP contribution is -2.52. The second-order valence-electron chi connectivity index (χ2n) is 5.39. The average molecular weight is 374 g/mol. The van der Waals surface area contributed by atoms with Crippen LogP contribution >= 0.6 is 22.6 Å². The van der Waals surface area contributed by atoms with Crippen LogP contribution < -0.4 is 10.6 Å². The van der Waals surface area contributed by atoms with Crippen LogP contribution in [0.25, 0.3) is 0 Å². The van der Waals surface area contributed by atoms with Crippen LogP contribution in [0.3, 0.4) is 0 Å². The van der Waals surface area contributed by atoms with Gasteiger partial charge in [0.2, 0.25) is 5.91 Å². The fraction of sp³-hybridized carbons (Fsp3) is 0.500.